The molecule has 1 aromatic rings. The largest absolute Gasteiger partial charge is 0.358 e. The van der Waals surface area contributed by atoms with Crippen LogP contribution in [-0.2, 0) is 37.5 Å². The van der Waals surface area contributed by atoms with E-state index in [0.29, 0.717) is 0 Å². The van der Waals surface area contributed by atoms with Gasteiger partial charge in [-0.05, 0) is 13.8 Å². The third-order valence-electron chi connectivity index (χ3n) is 0.667. The van der Waals surface area contributed by atoms with Crippen molar-refractivity contribution in [1.29, 1.82) is 0 Å². The van der Waals surface area contributed by atoms with E-state index in [0.717, 1.165) is 0 Å². The predicted molar refractivity (Wildman–Crippen MR) is 60.2 cm³/mol. The molecule has 79 valence electrons. The molecule has 0 heterocycles. The standard InChI is InChI=1S/C6H6.C3H6O.C2H5.CH3.Y/c1-2-4-6-5-3-1;1-3(2)4;1-2;;/h1-6H;1-2H3;1H2,2H3;1H3;/q;;2*-1;. The number of carbonyl (C=O) groups is 1. The second-order valence-corrected chi connectivity index (χ2v) is 2.06. The number of Topliss-reactive ketones (excluding diaryl/α,β-unsaturated/α-hetero) is 1. The maximum Gasteiger partial charge on any atom is 0.126 e. The van der Waals surface area contributed by atoms with Crippen molar-refractivity contribution in [3.05, 3.63) is 50.7 Å². The van der Waals surface area contributed by atoms with Gasteiger partial charge in [0.05, 0.1) is 0 Å². The molecule has 0 amide bonds. The van der Waals surface area contributed by atoms with Crippen LogP contribution in [0.3, 0.4) is 0 Å². The van der Waals surface area contributed by atoms with Gasteiger partial charge in [-0.2, -0.15) is 6.92 Å². The fraction of sp³-hybridized carbons (Fsp3) is 0.250. The minimum atomic E-state index is 0. The van der Waals surface area contributed by atoms with Crippen molar-refractivity contribution < 1.29 is 37.5 Å². The van der Waals surface area contributed by atoms with Gasteiger partial charge in [-0.25, -0.2) is 0 Å². The van der Waals surface area contributed by atoms with E-state index in [1.54, 1.807) is 6.92 Å². The molecular weight excluding hydrogens is 249 g/mol. The second-order valence-electron chi connectivity index (χ2n) is 2.06. The average molecular weight is 269 g/mol. The average Bonchev–Trinajstić information content (AvgIpc) is 2.10. The van der Waals surface area contributed by atoms with Crippen molar-refractivity contribution in [3.63, 3.8) is 0 Å². The van der Waals surface area contributed by atoms with Gasteiger partial charge in [0, 0.05) is 32.7 Å². The van der Waals surface area contributed by atoms with Gasteiger partial charge in [0.15, 0.2) is 0 Å². The van der Waals surface area contributed by atoms with Crippen LogP contribution in [0.5, 0.6) is 0 Å². The predicted octanol–water partition coefficient (Wildman–Crippen LogP) is 3.57. The molecule has 0 aliphatic carbocycles. The van der Waals surface area contributed by atoms with Crippen molar-refractivity contribution in [2.75, 3.05) is 0 Å². The number of rotatable bonds is 0. The van der Waals surface area contributed by atoms with Gasteiger partial charge in [-0.1, -0.05) is 36.4 Å². The smallest absolute Gasteiger partial charge is 0.126 e. The fourth-order valence-corrected chi connectivity index (χ4v) is 0.385. The maximum atomic E-state index is 9.44. The summed E-state index contributed by atoms with van der Waals surface area (Å²) in [5.41, 5.74) is 0. The summed E-state index contributed by atoms with van der Waals surface area (Å²) in [4.78, 5) is 9.44. The van der Waals surface area contributed by atoms with E-state index in [4.69, 9.17) is 0 Å². The Hall–Kier alpha value is -0.00610. The van der Waals surface area contributed by atoms with E-state index in [1.807, 2.05) is 36.4 Å². The first-order chi connectivity index (χ1) is 5.73. The van der Waals surface area contributed by atoms with E-state index in [1.165, 1.54) is 13.8 Å². The molecule has 1 rings (SSSR count). The van der Waals surface area contributed by atoms with Crippen molar-refractivity contribution in [1.82, 2.24) is 0 Å². The van der Waals surface area contributed by atoms with Crippen molar-refractivity contribution in [3.8, 4) is 0 Å². The van der Waals surface area contributed by atoms with Gasteiger partial charge >= 0.3 is 0 Å². The van der Waals surface area contributed by atoms with Crippen molar-refractivity contribution >= 4 is 5.78 Å². The summed E-state index contributed by atoms with van der Waals surface area (Å²) in [6.07, 6.45) is 0. The zero-order valence-electron chi connectivity index (χ0n) is 9.66. The number of benzene rings is 1. The van der Waals surface area contributed by atoms with Crippen LogP contribution in [0.4, 0.5) is 0 Å². The normalized spacial score (nSPS) is 5.71. The topological polar surface area (TPSA) is 17.1 Å². The number of hydrogen-bond acceptors (Lipinski definition) is 1. The van der Waals surface area contributed by atoms with Crippen LogP contribution in [0.15, 0.2) is 36.4 Å². The molecule has 0 aromatic heterocycles. The molecule has 14 heavy (non-hydrogen) atoms. The van der Waals surface area contributed by atoms with Crippen molar-refractivity contribution in [2.45, 2.75) is 20.8 Å². The molecule has 0 saturated carbocycles. The minimum absolute atomic E-state index is 0. The number of ketones is 1. The Labute approximate surface area is 114 Å². The van der Waals surface area contributed by atoms with Crippen LogP contribution in [0, 0.1) is 14.4 Å². The van der Waals surface area contributed by atoms with Gasteiger partial charge in [0.1, 0.15) is 5.78 Å². The molecule has 0 N–H and O–H groups in total. The van der Waals surface area contributed by atoms with Crippen LogP contribution < -0.4 is 0 Å². The molecule has 0 bridgehead atoms. The zero-order valence-corrected chi connectivity index (χ0v) is 12.5. The Bertz CT molecular complexity index is 142. The van der Waals surface area contributed by atoms with Crippen LogP contribution in [0.25, 0.3) is 0 Å². The summed E-state index contributed by atoms with van der Waals surface area (Å²) in [5.74, 6) is 0.167. The quantitative estimate of drug-likeness (QED) is 0.658. The minimum Gasteiger partial charge on any atom is -0.358 e. The van der Waals surface area contributed by atoms with Gasteiger partial charge in [0.2, 0.25) is 0 Å². The molecule has 0 spiro atoms. The second kappa shape index (κ2) is 23.1. The summed E-state index contributed by atoms with van der Waals surface area (Å²) in [6, 6.07) is 12.0. The molecule has 0 atom stereocenters. The molecule has 0 aliphatic rings. The molecule has 1 nitrogen and oxygen atoms in total. The van der Waals surface area contributed by atoms with E-state index in [2.05, 4.69) is 6.92 Å². The summed E-state index contributed by atoms with van der Waals surface area (Å²) in [7, 11) is 0. The van der Waals surface area contributed by atoms with Crippen LogP contribution in [0.1, 0.15) is 20.8 Å². The van der Waals surface area contributed by atoms with E-state index < -0.39 is 0 Å². The Morgan fingerprint density at radius 3 is 1.00 bits per heavy atom. The molecule has 0 fully saturated rings. The Morgan fingerprint density at radius 1 is 0.857 bits per heavy atom. The van der Waals surface area contributed by atoms with Crippen molar-refractivity contribution in [2.24, 2.45) is 0 Å². The summed E-state index contributed by atoms with van der Waals surface area (Å²) >= 11 is 0. The zero-order chi connectivity index (χ0) is 9.82. The first-order valence-electron chi connectivity index (χ1n) is 3.91. The first kappa shape index (κ1) is 23.7. The van der Waals surface area contributed by atoms with Crippen LogP contribution >= 0.6 is 0 Å². The van der Waals surface area contributed by atoms with Gasteiger partial charge in [0.25, 0.3) is 0 Å². The fourth-order valence-electron chi connectivity index (χ4n) is 0.385. The van der Waals surface area contributed by atoms with Crippen LogP contribution in [-0.4, -0.2) is 5.78 Å². The molecule has 0 aliphatic heterocycles. The Morgan fingerprint density at radius 2 is 0.929 bits per heavy atom. The molecule has 1 radical (unpaired) electrons. The first-order valence-corrected chi connectivity index (χ1v) is 3.91. The monoisotopic (exact) mass is 269 g/mol. The summed E-state index contributed by atoms with van der Waals surface area (Å²) < 4.78 is 0. The molecule has 1 aromatic carbocycles. The SMILES string of the molecule is CC(C)=O.[CH2-]C.[CH3-].[Y].c1ccccc1. The van der Waals surface area contributed by atoms with E-state index in [-0.39, 0.29) is 45.9 Å². The van der Waals surface area contributed by atoms with Gasteiger partial charge in [-0.15, -0.1) is 0 Å². The maximum absolute atomic E-state index is 9.44. The third kappa shape index (κ3) is 40.4. The molecule has 2 heteroatoms. The molecule has 0 unspecified atom stereocenters. The molecular formula is C12H20OY-2. The summed E-state index contributed by atoms with van der Waals surface area (Å²) in [6.45, 7) is 8.06. The van der Waals surface area contributed by atoms with Gasteiger partial charge < -0.3 is 19.1 Å². The van der Waals surface area contributed by atoms with Gasteiger partial charge in [-0.3, -0.25) is 0 Å². The van der Waals surface area contributed by atoms with E-state index >= 15 is 0 Å². The molecule has 0 saturated heterocycles. The number of hydrogen-bond donors (Lipinski definition) is 0. The van der Waals surface area contributed by atoms with Crippen LogP contribution in [0.2, 0.25) is 0 Å². The number of carbonyl (C=O) groups excluding carboxylic acids is 1. The van der Waals surface area contributed by atoms with E-state index in [9.17, 15) is 4.79 Å². The summed E-state index contributed by atoms with van der Waals surface area (Å²) in [5, 5.41) is 0. The third-order valence-corrected chi connectivity index (χ3v) is 0.667. The Kier molecular flexibility index (Phi) is 39.0. The Balaban J connectivity index is -0.0000000567.